The molecule has 5 atom stereocenters. The van der Waals surface area contributed by atoms with Crippen molar-refractivity contribution >= 4 is 16.0 Å². The van der Waals surface area contributed by atoms with Gasteiger partial charge in [-0.1, -0.05) is 44.9 Å². The third-order valence-corrected chi connectivity index (χ3v) is 11.0. The van der Waals surface area contributed by atoms with E-state index in [-0.39, 0.29) is 28.8 Å². The molecule has 2 unspecified atom stereocenters. The van der Waals surface area contributed by atoms with Gasteiger partial charge >= 0.3 is 5.97 Å². The first-order chi connectivity index (χ1) is 15.9. The van der Waals surface area contributed by atoms with E-state index in [4.69, 9.17) is 4.74 Å². The number of carbonyl (C=O) groups excluding carboxylic acids is 1. The van der Waals surface area contributed by atoms with E-state index >= 15 is 0 Å². The fourth-order valence-corrected chi connectivity index (χ4v) is 8.44. The minimum absolute atomic E-state index is 0.00262. The van der Waals surface area contributed by atoms with Gasteiger partial charge < -0.3 is 4.74 Å². The van der Waals surface area contributed by atoms with Crippen molar-refractivity contribution in [2.24, 2.45) is 28.1 Å². The van der Waals surface area contributed by atoms with Gasteiger partial charge in [0.05, 0.1) is 19.4 Å². The highest BCUT2D eigenvalue weighted by atomic mass is 32.2. The predicted molar refractivity (Wildman–Crippen MR) is 136 cm³/mol. The molecule has 1 aliphatic heterocycles. The number of hydrogen-bond donors (Lipinski definition) is 0. The van der Waals surface area contributed by atoms with Crippen LogP contribution in [0.2, 0.25) is 0 Å². The molecule has 3 aliphatic carbocycles. The van der Waals surface area contributed by atoms with Crippen molar-refractivity contribution in [3.8, 4) is 0 Å². The fraction of sp³-hybridized carbons (Fsp3) is 0.815. The molecule has 0 bridgehead atoms. The van der Waals surface area contributed by atoms with Gasteiger partial charge in [0.25, 0.3) is 0 Å². The molecule has 2 saturated carbocycles. The molecule has 0 spiro atoms. The quantitative estimate of drug-likeness (QED) is 0.410. The van der Waals surface area contributed by atoms with Crippen molar-refractivity contribution < 1.29 is 17.9 Å². The molecule has 1 heterocycles. The number of piperazine rings is 1. The molecule has 0 aromatic heterocycles. The summed E-state index contributed by atoms with van der Waals surface area (Å²) in [6, 6.07) is 0. The third kappa shape index (κ3) is 5.03. The van der Waals surface area contributed by atoms with Crippen LogP contribution in [0.1, 0.15) is 65.7 Å². The summed E-state index contributed by atoms with van der Waals surface area (Å²) in [4.78, 5) is 14.7. The zero-order chi connectivity index (χ0) is 24.8. The topological polar surface area (TPSA) is 66.9 Å². The zero-order valence-electron chi connectivity index (χ0n) is 21.6. The summed E-state index contributed by atoms with van der Waals surface area (Å²) in [5.74, 6) is 1.01. The number of carbonyl (C=O) groups is 1. The van der Waals surface area contributed by atoms with E-state index in [0.717, 1.165) is 12.8 Å². The summed E-state index contributed by atoms with van der Waals surface area (Å²) < 4.78 is 30.8. The lowest BCUT2D eigenvalue weighted by Gasteiger charge is -2.59. The Morgan fingerprint density at radius 2 is 1.88 bits per heavy atom. The first-order valence-corrected chi connectivity index (χ1v) is 14.9. The van der Waals surface area contributed by atoms with Gasteiger partial charge in [0.1, 0.15) is 0 Å². The number of esters is 1. The molecule has 192 valence electrons. The molecule has 7 heteroatoms. The summed E-state index contributed by atoms with van der Waals surface area (Å²) in [5, 5.41) is 0. The molecule has 4 aliphatic rings. The Labute approximate surface area is 206 Å². The second-order valence-corrected chi connectivity index (χ2v) is 14.3. The standard InChI is InChI=1S/C27H44N2O4S/c1-6-25(2)13-10-22-21(18-25)8-9-23-26(3,11-7-12-27(22,23)4)20-33-24(30)19-28-14-16-29(17-15-28)34(5,31)32/h6,10,21,23H,1,7-9,11-20H2,2-5H3/t21?,23?,25-,26-,27-/m0/s1. The van der Waals surface area contributed by atoms with Crippen LogP contribution in [0.3, 0.4) is 0 Å². The Morgan fingerprint density at radius 3 is 2.53 bits per heavy atom. The maximum Gasteiger partial charge on any atom is 0.320 e. The Hall–Kier alpha value is -1.18. The van der Waals surface area contributed by atoms with Gasteiger partial charge in [0.2, 0.25) is 10.0 Å². The lowest BCUT2D eigenvalue weighted by molar-refractivity contribution is -0.154. The fourth-order valence-electron chi connectivity index (χ4n) is 7.61. The van der Waals surface area contributed by atoms with Crippen molar-refractivity contribution in [1.29, 1.82) is 0 Å². The lowest BCUT2D eigenvalue weighted by Crippen LogP contribution is -2.52. The van der Waals surface area contributed by atoms with Crippen LogP contribution >= 0.6 is 0 Å². The molecule has 1 saturated heterocycles. The summed E-state index contributed by atoms with van der Waals surface area (Å²) in [6.07, 6.45) is 14.2. The van der Waals surface area contributed by atoms with Gasteiger partial charge in [0.15, 0.2) is 0 Å². The summed E-state index contributed by atoms with van der Waals surface area (Å²) in [6.45, 7) is 14.0. The average molecular weight is 493 g/mol. The molecule has 34 heavy (non-hydrogen) atoms. The van der Waals surface area contributed by atoms with Crippen LogP contribution in [0.15, 0.2) is 24.3 Å². The van der Waals surface area contributed by atoms with Crippen LogP contribution in [0.25, 0.3) is 0 Å². The Morgan fingerprint density at radius 1 is 1.18 bits per heavy atom. The smallest absolute Gasteiger partial charge is 0.320 e. The van der Waals surface area contributed by atoms with Crippen LogP contribution in [-0.2, 0) is 19.6 Å². The van der Waals surface area contributed by atoms with E-state index in [1.807, 2.05) is 4.90 Å². The highest BCUT2D eigenvalue weighted by Gasteiger charge is 2.55. The van der Waals surface area contributed by atoms with Gasteiger partial charge in [-0.25, -0.2) is 8.42 Å². The van der Waals surface area contributed by atoms with Gasteiger partial charge in [-0.05, 0) is 61.2 Å². The van der Waals surface area contributed by atoms with Crippen LogP contribution in [0.5, 0.6) is 0 Å². The van der Waals surface area contributed by atoms with Crippen molar-refractivity contribution in [3.63, 3.8) is 0 Å². The zero-order valence-corrected chi connectivity index (χ0v) is 22.5. The van der Waals surface area contributed by atoms with Gasteiger partial charge in [0, 0.05) is 31.6 Å². The van der Waals surface area contributed by atoms with Gasteiger partial charge in [-0.3, -0.25) is 9.69 Å². The molecule has 6 nitrogen and oxygen atoms in total. The summed E-state index contributed by atoms with van der Waals surface area (Å²) in [7, 11) is -3.16. The molecule has 0 aromatic rings. The summed E-state index contributed by atoms with van der Waals surface area (Å²) in [5.41, 5.74) is 2.09. The largest absolute Gasteiger partial charge is 0.464 e. The first kappa shape index (κ1) is 25.9. The Balaban J connectivity index is 1.37. The molecule has 0 N–H and O–H groups in total. The minimum atomic E-state index is -3.16. The number of allylic oxidation sites excluding steroid dienone is 3. The van der Waals surface area contributed by atoms with Crippen LogP contribution in [0.4, 0.5) is 0 Å². The number of ether oxygens (including phenoxy) is 1. The predicted octanol–water partition coefficient (Wildman–Crippen LogP) is 4.24. The van der Waals surface area contributed by atoms with Gasteiger partial charge in [-0.15, -0.1) is 6.58 Å². The van der Waals surface area contributed by atoms with Crippen molar-refractivity contribution in [2.45, 2.75) is 65.7 Å². The van der Waals surface area contributed by atoms with Crippen LogP contribution < -0.4 is 0 Å². The first-order valence-electron chi connectivity index (χ1n) is 13.1. The van der Waals surface area contributed by atoms with E-state index in [9.17, 15) is 13.2 Å². The summed E-state index contributed by atoms with van der Waals surface area (Å²) >= 11 is 0. The number of fused-ring (bicyclic) bond motifs is 3. The second-order valence-electron chi connectivity index (χ2n) is 12.3. The highest BCUT2D eigenvalue weighted by Crippen LogP contribution is 2.63. The second kappa shape index (κ2) is 9.36. The molecule has 0 aromatic carbocycles. The third-order valence-electron chi connectivity index (χ3n) is 9.67. The maximum atomic E-state index is 12.7. The Bertz CT molecular complexity index is 938. The lowest BCUT2D eigenvalue weighted by atomic mass is 9.46. The number of nitrogens with zero attached hydrogens (tertiary/aromatic N) is 2. The van der Waals surface area contributed by atoms with E-state index in [1.165, 1.54) is 42.7 Å². The maximum absolute atomic E-state index is 12.7. The molecule has 0 radical (unpaired) electrons. The Kier molecular flexibility index (Phi) is 7.13. The van der Waals surface area contributed by atoms with Crippen molar-refractivity contribution in [2.75, 3.05) is 45.6 Å². The van der Waals surface area contributed by atoms with E-state index in [0.29, 0.717) is 44.6 Å². The molecule has 4 rings (SSSR count). The number of hydrogen-bond acceptors (Lipinski definition) is 5. The van der Waals surface area contributed by atoms with E-state index < -0.39 is 10.0 Å². The average Bonchev–Trinajstić information content (AvgIpc) is 2.77. The molecular weight excluding hydrogens is 448 g/mol. The SMILES string of the molecule is C=C[C@@]1(C)CC=C2C(CCC3[C@](C)(COC(=O)CN4CCN(S(C)(=O)=O)CC4)CCC[C@@]23C)C1. The number of sulfonamides is 1. The molecular formula is C27H44N2O4S. The number of rotatable bonds is 6. The molecule has 0 amide bonds. The van der Waals surface area contributed by atoms with E-state index in [1.54, 1.807) is 5.57 Å². The van der Waals surface area contributed by atoms with Crippen LogP contribution in [-0.4, -0.2) is 69.2 Å². The monoisotopic (exact) mass is 492 g/mol. The molecule has 3 fully saturated rings. The van der Waals surface area contributed by atoms with Crippen molar-refractivity contribution in [1.82, 2.24) is 9.21 Å². The van der Waals surface area contributed by atoms with Gasteiger partial charge in [-0.2, -0.15) is 4.31 Å². The highest BCUT2D eigenvalue weighted by molar-refractivity contribution is 7.88. The van der Waals surface area contributed by atoms with Crippen LogP contribution in [0, 0.1) is 28.1 Å². The normalized spacial score (nSPS) is 39.5. The minimum Gasteiger partial charge on any atom is -0.464 e. The van der Waals surface area contributed by atoms with E-state index in [2.05, 4.69) is 39.5 Å². The van der Waals surface area contributed by atoms with Crippen molar-refractivity contribution in [3.05, 3.63) is 24.3 Å².